The number of rotatable bonds is 4. The third-order valence-corrected chi connectivity index (χ3v) is 4.23. The zero-order valence-electron chi connectivity index (χ0n) is 13.4. The smallest absolute Gasteiger partial charge is 0.321 e. The zero-order chi connectivity index (χ0) is 16.8. The van der Waals surface area contributed by atoms with Crippen molar-refractivity contribution >= 4 is 29.0 Å². The predicted molar refractivity (Wildman–Crippen MR) is 91.0 cm³/mol. The van der Waals surface area contributed by atoms with E-state index >= 15 is 0 Å². The van der Waals surface area contributed by atoms with Crippen LogP contribution in [0.2, 0.25) is 5.02 Å². The number of carbonyl (C=O) groups excluding carboxylic acids is 1. The molecule has 1 N–H and O–H groups in total. The van der Waals surface area contributed by atoms with Gasteiger partial charge in [0.05, 0.1) is 42.1 Å². The second-order valence-electron chi connectivity index (χ2n) is 5.49. The molecule has 7 heteroatoms. The Hall–Kier alpha value is -1.97. The van der Waals surface area contributed by atoms with Gasteiger partial charge in [0.25, 0.3) is 0 Å². The Bertz CT molecular complexity index is 596. The first-order valence-electron chi connectivity index (χ1n) is 7.56. The minimum Gasteiger partial charge on any atom is -0.378 e. The van der Waals surface area contributed by atoms with E-state index in [-0.39, 0.29) is 18.5 Å². The maximum Gasteiger partial charge on any atom is 0.321 e. The molecule has 1 heterocycles. The molecular formula is C16H21ClN4O2. The topological polar surface area (TPSA) is 68.6 Å². The number of hydrogen-bond donors (Lipinski definition) is 1. The Morgan fingerprint density at radius 2 is 2.22 bits per heavy atom. The number of urea groups is 1. The van der Waals surface area contributed by atoms with Crippen LogP contribution in [0.1, 0.15) is 13.3 Å². The van der Waals surface area contributed by atoms with Crippen LogP contribution < -0.4 is 10.2 Å². The van der Waals surface area contributed by atoms with Gasteiger partial charge in [-0.2, -0.15) is 5.26 Å². The molecule has 1 aromatic carbocycles. The number of nitrogens with zero attached hydrogens (tertiary/aromatic N) is 3. The molecule has 1 aromatic rings. The summed E-state index contributed by atoms with van der Waals surface area (Å²) in [5.74, 6) is 0. The number of para-hydroxylation sites is 1. The van der Waals surface area contributed by atoms with Crippen LogP contribution in [0.5, 0.6) is 0 Å². The Balaban J connectivity index is 2.18. The van der Waals surface area contributed by atoms with E-state index in [9.17, 15) is 4.79 Å². The Labute approximate surface area is 141 Å². The van der Waals surface area contributed by atoms with Gasteiger partial charge in [-0.3, -0.25) is 0 Å². The van der Waals surface area contributed by atoms with Gasteiger partial charge >= 0.3 is 6.03 Å². The van der Waals surface area contributed by atoms with Crippen molar-refractivity contribution in [3.05, 3.63) is 23.2 Å². The summed E-state index contributed by atoms with van der Waals surface area (Å²) >= 11 is 6.35. The number of carbonyl (C=O) groups is 1. The quantitative estimate of drug-likeness (QED) is 0.917. The van der Waals surface area contributed by atoms with Crippen LogP contribution >= 0.6 is 11.6 Å². The van der Waals surface area contributed by atoms with Gasteiger partial charge in [0.2, 0.25) is 0 Å². The van der Waals surface area contributed by atoms with Crippen molar-refractivity contribution in [2.45, 2.75) is 19.4 Å². The summed E-state index contributed by atoms with van der Waals surface area (Å²) in [6.45, 7) is 4.57. The third-order valence-electron chi connectivity index (χ3n) is 3.92. The minimum absolute atomic E-state index is 0.161. The van der Waals surface area contributed by atoms with Crippen molar-refractivity contribution < 1.29 is 9.53 Å². The van der Waals surface area contributed by atoms with Crippen LogP contribution in [-0.2, 0) is 4.74 Å². The van der Waals surface area contributed by atoms with Crippen molar-refractivity contribution in [2.24, 2.45) is 0 Å². The minimum atomic E-state index is -0.260. The number of nitriles is 1. The summed E-state index contributed by atoms with van der Waals surface area (Å²) in [5, 5.41) is 12.3. The molecule has 0 aromatic heterocycles. The molecule has 0 radical (unpaired) electrons. The molecule has 124 valence electrons. The second kappa shape index (κ2) is 8.04. The SMILES string of the molecule is CC(CC#N)N(C)C(=O)Nc1cccc(Cl)c1N1CCOCC1. The first-order valence-corrected chi connectivity index (χ1v) is 7.94. The highest BCUT2D eigenvalue weighted by molar-refractivity contribution is 6.34. The second-order valence-corrected chi connectivity index (χ2v) is 5.89. The van der Waals surface area contributed by atoms with Crippen LogP contribution in [0, 0.1) is 11.3 Å². The number of nitrogens with one attached hydrogen (secondary N) is 1. The van der Waals surface area contributed by atoms with Crippen molar-refractivity contribution in [3.8, 4) is 6.07 Å². The van der Waals surface area contributed by atoms with E-state index in [4.69, 9.17) is 21.6 Å². The van der Waals surface area contributed by atoms with Gasteiger partial charge < -0.3 is 19.9 Å². The van der Waals surface area contributed by atoms with E-state index in [1.165, 1.54) is 4.90 Å². The number of ether oxygens (including phenoxy) is 1. The van der Waals surface area contributed by atoms with Crippen molar-refractivity contribution in [1.29, 1.82) is 5.26 Å². The summed E-state index contributed by atoms with van der Waals surface area (Å²) in [7, 11) is 1.68. The average molecular weight is 337 g/mol. The van der Waals surface area contributed by atoms with Gasteiger partial charge in [-0.1, -0.05) is 17.7 Å². The van der Waals surface area contributed by atoms with Crippen LogP contribution in [0.3, 0.4) is 0 Å². The maximum atomic E-state index is 12.4. The van der Waals surface area contributed by atoms with E-state index in [1.54, 1.807) is 13.1 Å². The average Bonchev–Trinajstić information content (AvgIpc) is 2.55. The molecule has 0 spiro atoms. The van der Waals surface area contributed by atoms with Gasteiger partial charge in [-0.25, -0.2) is 4.79 Å². The lowest BCUT2D eigenvalue weighted by molar-refractivity contribution is 0.123. The van der Waals surface area contributed by atoms with Gasteiger partial charge in [0.15, 0.2) is 0 Å². The largest absolute Gasteiger partial charge is 0.378 e. The summed E-state index contributed by atoms with van der Waals surface area (Å²) < 4.78 is 5.37. The fraction of sp³-hybridized carbons (Fsp3) is 0.500. The van der Waals surface area contributed by atoms with Crippen molar-refractivity contribution in [2.75, 3.05) is 43.6 Å². The highest BCUT2D eigenvalue weighted by Crippen LogP contribution is 2.34. The highest BCUT2D eigenvalue weighted by atomic mass is 35.5. The van der Waals surface area contributed by atoms with Gasteiger partial charge in [-0.15, -0.1) is 0 Å². The van der Waals surface area contributed by atoms with Gasteiger partial charge in [0.1, 0.15) is 0 Å². The lowest BCUT2D eigenvalue weighted by Crippen LogP contribution is -2.39. The summed E-state index contributed by atoms with van der Waals surface area (Å²) in [5.41, 5.74) is 1.48. The summed E-state index contributed by atoms with van der Waals surface area (Å²) in [6, 6.07) is 7.10. The molecule has 1 unspecified atom stereocenters. The Morgan fingerprint density at radius 3 is 2.87 bits per heavy atom. The lowest BCUT2D eigenvalue weighted by Gasteiger charge is -2.32. The van der Waals surface area contributed by atoms with Crippen molar-refractivity contribution in [1.82, 2.24) is 4.90 Å². The Morgan fingerprint density at radius 1 is 1.52 bits per heavy atom. The van der Waals surface area contributed by atoms with Gasteiger partial charge in [0, 0.05) is 26.2 Å². The molecular weight excluding hydrogens is 316 g/mol. The normalized spacial score (nSPS) is 15.7. The number of benzene rings is 1. The first kappa shape index (κ1) is 17.4. The predicted octanol–water partition coefficient (Wildman–Crippen LogP) is 2.94. The van der Waals surface area contributed by atoms with Crippen molar-refractivity contribution in [3.63, 3.8) is 0 Å². The molecule has 2 amide bonds. The summed E-state index contributed by atoms with van der Waals surface area (Å²) in [6.07, 6.45) is 0.287. The zero-order valence-corrected chi connectivity index (χ0v) is 14.1. The first-order chi connectivity index (χ1) is 11.0. The van der Waals surface area contributed by atoms with Crippen LogP contribution in [-0.4, -0.2) is 50.3 Å². The Kier molecular flexibility index (Phi) is 6.08. The molecule has 1 aliphatic rings. The molecule has 6 nitrogen and oxygen atoms in total. The van der Waals surface area contributed by atoms with E-state index in [1.807, 2.05) is 19.1 Å². The lowest BCUT2D eigenvalue weighted by atomic mass is 10.2. The highest BCUT2D eigenvalue weighted by Gasteiger charge is 2.21. The molecule has 0 aliphatic carbocycles. The van der Waals surface area contributed by atoms with Gasteiger partial charge in [-0.05, 0) is 19.1 Å². The van der Waals surface area contributed by atoms with Crippen LogP contribution in [0.15, 0.2) is 18.2 Å². The molecule has 0 bridgehead atoms. The third kappa shape index (κ3) is 4.27. The summed E-state index contributed by atoms with van der Waals surface area (Å²) in [4.78, 5) is 16.0. The van der Waals surface area contributed by atoms with E-state index < -0.39 is 0 Å². The van der Waals surface area contributed by atoms with E-state index in [0.29, 0.717) is 23.9 Å². The number of halogens is 1. The monoisotopic (exact) mass is 336 g/mol. The number of anilines is 2. The van der Waals surface area contributed by atoms with E-state index in [2.05, 4.69) is 16.3 Å². The number of morpholine rings is 1. The molecule has 2 rings (SSSR count). The van der Waals surface area contributed by atoms with Crippen LogP contribution in [0.25, 0.3) is 0 Å². The molecule has 1 fully saturated rings. The molecule has 1 aliphatic heterocycles. The molecule has 0 saturated carbocycles. The molecule has 23 heavy (non-hydrogen) atoms. The fourth-order valence-electron chi connectivity index (χ4n) is 2.40. The number of hydrogen-bond acceptors (Lipinski definition) is 4. The number of amides is 2. The standard InChI is InChI=1S/C16H21ClN4O2/c1-12(6-7-18)20(2)16(22)19-14-5-3-4-13(17)15(14)21-8-10-23-11-9-21/h3-5,12H,6,8-11H2,1-2H3,(H,19,22). The maximum absolute atomic E-state index is 12.4. The molecule has 1 saturated heterocycles. The molecule has 1 atom stereocenters. The van der Waals surface area contributed by atoms with E-state index in [0.717, 1.165) is 18.8 Å². The van der Waals surface area contributed by atoms with Crippen LogP contribution in [0.4, 0.5) is 16.2 Å². The fourth-order valence-corrected chi connectivity index (χ4v) is 2.69.